The Hall–Kier alpha value is -0.860. The van der Waals surface area contributed by atoms with E-state index in [1.54, 1.807) is 0 Å². The molecule has 0 spiro atoms. The second-order valence-corrected chi connectivity index (χ2v) is 7.57. The van der Waals surface area contributed by atoms with E-state index in [1.807, 2.05) is 0 Å². The second kappa shape index (κ2) is 5.73. The summed E-state index contributed by atoms with van der Waals surface area (Å²) in [6.45, 7) is 4.51. The molecule has 21 heavy (non-hydrogen) atoms. The number of aliphatic hydroxyl groups excluding tert-OH is 2. The highest BCUT2D eigenvalue weighted by molar-refractivity contribution is 5.36. The van der Waals surface area contributed by atoms with Gasteiger partial charge < -0.3 is 10.2 Å². The van der Waals surface area contributed by atoms with Gasteiger partial charge in [0.15, 0.2) is 0 Å². The largest absolute Gasteiger partial charge is 0.393 e. The third kappa shape index (κ3) is 3.02. The molecule has 0 amide bonds. The Kier molecular flexibility index (Phi) is 4.11. The van der Waals surface area contributed by atoms with Crippen molar-refractivity contribution in [3.8, 4) is 0 Å². The number of fused-ring (bicyclic) bond motifs is 1. The fraction of sp³-hybridized carbons (Fsp3) is 0.684. The van der Waals surface area contributed by atoms with Crippen LogP contribution in [-0.2, 0) is 0 Å². The first-order valence-electron chi connectivity index (χ1n) is 8.42. The number of aliphatic hydroxyl groups is 2. The van der Waals surface area contributed by atoms with Crippen molar-refractivity contribution in [2.24, 2.45) is 11.3 Å². The summed E-state index contributed by atoms with van der Waals surface area (Å²) in [5.74, 6) is 0.603. The first kappa shape index (κ1) is 15.1. The predicted octanol–water partition coefficient (Wildman–Crippen LogP) is 3.90. The Morgan fingerprint density at radius 3 is 2.86 bits per heavy atom. The molecule has 116 valence electrons. The average molecular weight is 288 g/mol. The van der Waals surface area contributed by atoms with Crippen LogP contribution in [0.4, 0.5) is 0 Å². The van der Waals surface area contributed by atoms with E-state index in [0.29, 0.717) is 5.92 Å². The maximum atomic E-state index is 10.2. The van der Waals surface area contributed by atoms with Gasteiger partial charge in [0, 0.05) is 0 Å². The third-order valence-corrected chi connectivity index (χ3v) is 5.88. The van der Waals surface area contributed by atoms with Gasteiger partial charge in [-0.15, -0.1) is 0 Å². The van der Waals surface area contributed by atoms with Crippen molar-refractivity contribution < 1.29 is 10.2 Å². The Morgan fingerprint density at radius 1 is 1.24 bits per heavy atom. The van der Waals surface area contributed by atoms with E-state index < -0.39 is 0 Å². The minimum atomic E-state index is -0.295. The summed E-state index contributed by atoms with van der Waals surface area (Å²) in [4.78, 5) is 0. The van der Waals surface area contributed by atoms with E-state index in [2.05, 4.69) is 32.1 Å². The zero-order valence-corrected chi connectivity index (χ0v) is 13.3. The van der Waals surface area contributed by atoms with Crippen LogP contribution < -0.4 is 0 Å². The average Bonchev–Trinajstić information content (AvgIpc) is 2.80. The van der Waals surface area contributed by atoms with Gasteiger partial charge in [-0.05, 0) is 67.9 Å². The zero-order valence-electron chi connectivity index (χ0n) is 13.3. The zero-order chi connectivity index (χ0) is 15.0. The number of hydrogen-bond donors (Lipinski definition) is 2. The molecule has 0 saturated heterocycles. The summed E-state index contributed by atoms with van der Waals surface area (Å²) in [7, 11) is 0. The molecule has 0 aromatic carbocycles. The fourth-order valence-electron chi connectivity index (χ4n) is 4.57. The summed E-state index contributed by atoms with van der Waals surface area (Å²) in [6, 6.07) is 0. The van der Waals surface area contributed by atoms with E-state index >= 15 is 0 Å². The molecule has 0 aliphatic heterocycles. The Morgan fingerprint density at radius 2 is 2.05 bits per heavy atom. The molecule has 0 aromatic rings. The molecule has 0 aromatic heterocycles. The number of rotatable bonds is 2. The van der Waals surface area contributed by atoms with Gasteiger partial charge in [0.1, 0.15) is 0 Å². The topological polar surface area (TPSA) is 40.5 Å². The van der Waals surface area contributed by atoms with Crippen LogP contribution in [0.3, 0.4) is 0 Å². The van der Waals surface area contributed by atoms with Crippen molar-refractivity contribution >= 4 is 0 Å². The van der Waals surface area contributed by atoms with E-state index in [-0.39, 0.29) is 17.6 Å². The maximum absolute atomic E-state index is 10.2. The second-order valence-electron chi connectivity index (χ2n) is 7.57. The molecule has 0 bridgehead atoms. The monoisotopic (exact) mass is 288 g/mol. The summed E-state index contributed by atoms with van der Waals surface area (Å²) < 4.78 is 0. The van der Waals surface area contributed by atoms with Crippen LogP contribution >= 0.6 is 0 Å². The quantitative estimate of drug-likeness (QED) is 0.809. The predicted molar refractivity (Wildman–Crippen MR) is 85.9 cm³/mol. The first-order valence-corrected chi connectivity index (χ1v) is 8.42. The van der Waals surface area contributed by atoms with Crippen LogP contribution in [-0.4, -0.2) is 22.4 Å². The molecule has 0 unspecified atom stereocenters. The van der Waals surface area contributed by atoms with E-state index in [9.17, 15) is 10.2 Å². The lowest BCUT2D eigenvalue weighted by Gasteiger charge is -2.38. The van der Waals surface area contributed by atoms with Gasteiger partial charge in [-0.2, -0.15) is 0 Å². The Labute approximate surface area is 128 Å². The molecule has 3 aliphatic carbocycles. The summed E-state index contributed by atoms with van der Waals surface area (Å²) in [5.41, 5.74) is 4.29. The molecule has 1 fully saturated rings. The van der Waals surface area contributed by atoms with Crippen molar-refractivity contribution in [3.05, 3.63) is 34.9 Å². The molecule has 3 rings (SSSR count). The minimum Gasteiger partial charge on any atom is -0.393 e. The van der Waals surface area contributed by atoms with Crippen molar-refractivity contribution in [2.45, 2.75) is 71.0 Å². The molecule has 2 N–H and O–H groups in total. The van der Waals surface area contributed by atoms with Gasteiger partial charge >= 0.3 is 0 Å². The highest BCUT2D eigenvalue weighted by atomic mass is 16.3. The van der Waals surface area contributed by atoms with Gasteiger partial charge in [-0.3, -0.25) is 0 Å². The van der Waals surface area contributed by atoms with Crippen LogP contribution in [0, 0.1) is 11.3 Å². The van der Waals surface area contributed by atoms with Crippen LogP contribution in [0.2, 0.25) is 0 Å². The summed E-state index contributed by atoms with van der Waals surface area (Å²) >= 11 is 0. The standard InChI is InChI=1S/C19H28O2/c1-13-5-8-16(20)10-14(13)6-7-15-11-17(21)12-19(2)9-3-4-18(15)19/h6-7,11,16-18,20-21H,3-5,8-10,12H2,1-2H3/b7-6+/t16-,17+,18+,19+/m1/s1. The highest BCUT2D eigenvalue weighted by Gasteiger charge is 2.43. The van der Waals surface area contributed by atoms with E-state index in [1.165, 1.54) is 36.0 Å². The first-order chi connectivity index (χ1) is 9.98. The van der Waals surface area contributed by atoms with E-state index in [4.69, 9.17) is 0 Å². The Bertz CT molecular complexity index is 500. The lowest BCUT2D eigenvalue weighted by molar-refractivity contribution is 0.108. The third-order valence-electron chi connectivity index (χ3n) is 5.88. The number of allylic oxidation sites excluding steroid dienone is 4. The molecule has 4 atom stereocenters. The Balaban J connectivity index is 1.81. The molecule has 0 radical (unpaired) electrons. The SMILES string of the molecule is CC1=C(/C=C/C2=C[C@H](O)C[C@]3(C)CCC[C@@H]23)C[C@H](O)CC1. The highest BCUT2D eigenvalue weighted by Crippen LogP contribution is 2.52. The minimum absolute atomic E-state index is 0.184. The molecule has 3 aliphatic rings. The van der Waals surface area contributed by atoms with Crippen LogP contribution in [0.5, 0.6) is 0 Å². The van der Waals surface area contributed by atoms with Crippen LogP contribution in [0.25, 0.3) is 0 Å². The lowest BCUT2D eigenvalue weighted by Crippen LogP contribution is -2.32. The normalized spacial score (nSPS) is 40.6. The maximum Gasteiger partial charge on any atom is 0.0732 e. The molecule has 2 nitrogen and oxygen atoms in total. The molecule has 0 heterocycles. The van der Waals surface area contributed by atoms with Gasteiger partial charge in [0.25, 0.3) is 0 Å². The van der Waals surface area contributed by atoms with Crippen molar-refractivity contribution in [2.75, 3.05) is 0 Å². The van der Waals surface area contributed by atoms with Gasteiger partial charge in [0.05, 0.1) is 12.2 Å². The smallest absolute Gasteiger partial charge is 0.0732 e. The molecular formula is C19H28O2. The van der Waals surface area contributed by atoms with Crippen molar-refractivity contribution in [1.29, 1.82) is 0 Å². The van der Waals surface area contributed by atoms with Gasteiger partial charge in [-0.1, -0.05) is 37.1 Å². The lowest BCUT2D eigenvalue weighted by atomic mass is 9.68. The van der Waals surface area contributed by atoms with Gasteiger partial charge in [0.2, 0.25) is 0 Å². The van der Waals surface area contributed by atoms with Crippen LogP contribution in [0.15, 0.2) is 34.9 Å². The van der Waals surface area contributed by atoms with Crippen molar-refractivity contribution in [3.63, 3.8) is 0 Å². The summed E-state index contributed by atoms with van der Waals surface area (Å²) in [5, 5.41) is 20.0. The van der Waals surface area contributed by atoms with Crippen LogP contribution in [0.1, 0.15) is 58.8 Å². The molecule has 1 saturated carbocycles. The summed E-state index contributed by atoms with van der Waals surface area (Å²) in [6.07, 6.45) is 13.3. The van der Waals surface area contributed by atoms with Crippen molar-refractivity contribution in [1.82, 2.24) is 0 Å². The van der Waals surface area contributed by atoms with Gasteiger partial charge in [-0.25, -0.2) is 0 Å². The fourth-order valence-corrected chi connectivity index (χ4v) is 4.57. The number of hydrogen-bond acceptors (Lipinski definition) is 2. The molecular weight excluding hydrogens is 260 g/mol. The van der Waals surface area contributed by atoms with E-state index in [0.717, 1.165) is 25.7 Å². The molecule has 2 heteroatoms.